The van der Waals surface area contributed by atoms with Crippen molar-refractivity contribution in [1.29, 1.82) is 0 Å². The Morgan fingerprint density at radius 1 is 1.25 bits per heavy atom. The number of ether oxygens (including phenoxy) is 1. The lowest BCUT2D eigenvalue weighted by Crippen LogP contribution is -2.43. The van der Waals surface area contributed by atoms with Crippen LogP contribution >= 0.6 is 13.5 Å². The number of benzene rings is 1. The fraction of sp³-hybridized carbons (Fsp3) is 0.542. The SMILES string of the molecule is CCC1(c2cccc(OC(=O)/C=C/C(=O)NC(C(=O)O)C(C)C)c2)CCCCN(C)C1.S. The Balaban J connectivity index is 0.00000512. The first-order valence-corrected chi connectivity index (χ1v) is 10.9. The third-order valence-electron chi connectivity index (χ3n) is 5.96. The lowest BCUT2D eigenvalue weighted by atomic mass is 9.74. The van der Waals surface area contributed by atoms with Gasteiger partial charge < -0.3 is 20.1 Å². The maximum Gasteiger partial charge on any atom is 0.336 e. The maximum absolute atomic E-state index is 12.2. The molecule has 0 radical (unpaired) electrons. The van der Waals surface area contributed by atoms with Crippen molar-refractivity contribution in [2.24, 2.45) is 5.92 Å². The Morgan fingerprint density at radius 2 is 1.97 bits per heavy atom. The predicted molar refractivity (Wildman–Crippen MR) is 129 cm³/mol. The van der Waals surface area contributed by atoms with Gasteiger partial charge in [-0.05, 0) is 56.5 Å². The van der Waals surface area contributed by atoms with Crippen molar-refractivity contribution in [3.8, 4) is 5.75 Å². The number of likely N-dealkylation sites (tertiary alicyclic amines) is 1. The predicted octanol–water partition coefficient (Wildman–Crippen LogP) is 3.25. The minimum Gasteiger partial charge on any atom is -0.480 e. The van der Waals surface area contributed by atoms with Crippen LogP contribution < -0.4 is 10.1 Å². The minimum atomic E-state index is -1.12. The number of hydrogen-bond donors (Lipinski definition) is 2. The number of likely N-dealkylation sites (N-methyl/N-ethyl adjacent to an activating group) is 1. The van der Waals surface area contributed by atoms with E-state index >= 15 is 0 Å². The highest BCUT2D eigenvalue weighted by molar-refractivity contribution is 7.59. The molecule has 0 spiro atoms. The van der Waals surface area contributed by atoms with Gasteiger partial charge in [0.2, 0.25) is 5.91 Å². The molecule has 1 aliphatic heterocycles. The van der Waals surface area contributed by atoms with Crippen molar-refractivity contribution < 1.29 is 24.2 Å². The zero-order chi connectivity index (χ0) is 23.0. The molecule has 2 N–H and O–H groups in total. The molecule has 1 aromatic carbocycles. The Labute approximate surface area is 197 Å². The highest BCUT2D eigenvalue weighted by Crippen LogP contribution is 2.37. The summed E-state index contributed by atoms with van der Waals surface area (Å²) in [7, 11) is 2.14. The molecule has 178 valence electrons. The van der Waals surface area contributed by atoms with Crippen molar-refractivity contribution in [2.75, 3.05) is 20.1 Å². The van der Waals surface area contributed by atoms with Gasteiger partial charge in [-0.2, -0.15) is 13.5 Å². The van der Waals surface area contributed by atoms with E-state index in [1.165, 1.54) is 6.42 Å². The second-order valence-corrected chi connectivity index (χ2v) is 8.68. The first kappa shape index (κ1) is 27.7. The van der Waals surface area contributed by atoms with Crippen LogP contribution in [0.1, 0.15) is 52.0 Å². The molecule has 0 aliphatic carbocycles. The molecule has 0 aromatic heterocycles. The van der Waals surface area contributed by atoms with Crippen LogP contribution in [0.25, 0.3) is 0 Å². The van der Waals surface area contributed by atoms with Crippen molar-refractivity contribution in [3.63, 3.8) is 0 Å². The summed E-state index contributed by atoms with van der Waals surface area (Å²) in [6.07, 6.45) is 6.43. The van der Waals surface area contributed by atoms with Crippen LogP contribution in [0, 0.1) is 5.92 Å². The van der Waals surface area contributed by atoms with Crippen LogP contribution in [0.3, 0.4) is 0 Å². The molecular weight excluding hydrogens is 428 g/mol. The molecule has 1 amide bonds. The zero-order valence-corrected chi connectivity index (χ0v) is 20.4. The van der Waals surface area contributed by atoms with Gasteiger partial charge in [-0.15, -0.1) is 0 Å². The monoisotopic (exact) mass is 464 g/mol. The molecule has 0 saturated carbocycles. The molecule has 32 heavy (non-hydrogen) atoms. The third-order valence-corrected chi connectivity index (χ3v) is 5.96. The Kier molecular flexibility index (Phi) is 11.0. The van der Waals surface area contributed by atoms with E-state index in [4.69, 9.17) is 9.84 Å². The average molecular weight is 465 g/mol. The lowest BCUT2D eigenvalue weighted by molar-refractivity contribution is -0.142. The molecule has 1 fully saturated rings. The van der Waals surface area contributed by atoms with Crippen LogP contribution in [0.5, 0.6) is 5.75 Å². The Morgan fingerprint density at radius 3 is 2.59 bits per heavy atom. The smallest absolute Gasteiger partial charge is 0.336 e. The van der Waals surface area contributed by atoms with E-state index in [1.54, 1.807) is 19.9 Å². The quantitative estimate of drug-likeness (QED) is 0.348. The summed E-state index contributed by atoms with van der Waals surface area (Å²) in [5.41, 5.74) is 1.17. The topological polar surface area (TPSA) is 95.9 Å². The summed E-state index contributed by atoms with van der Waals surface area (Å²) >= 11 is 0. The normalized spacial score (nSPS) is 20.3. The maximum atomic E-state index is 12.2. The number of hydrogen-bond acceptors (Lipinski definition) is 5. The molecule has 1 saturated heterocycles. The Bertz CT molecular complexity index is 826. The summed E-state index contributed by atoms with van der Waals surface area (Å²) in [5, 5.41) is 11.5. The van der Waals surface area contributed by atoms with Gasteiger partial charge in [-0.3, -0.25) is 4.79 Å². The molecule has 7 nitrogen and oxygen atoms in total. The highest BCUT2D eigenvalue weighted by atomic mass is 32.1. The third kappa shape index (κ3) is 7.67. The molecule has 2 rings (SSSR count). The molecule has 8 heteroatoms. The molecule has 2 unspecified atom stereocenters. The van der Waals surface area contributed by atoms with Crippen LogP contribution in [0.2, 0.25) is 0 Å². The standard InChI is InChI=1S/C24H34N2O5.H2S/c1-5-24(13-6-7-14-26(4)16-24)18-9-8-10-19(15-18)31-21(28)12-11-20(27)25-22(17(2)3)23(29)30;/h8-12,15,17,22H,5-7,13-14,16H2,1-4H3,(H,25,27)(H,29,30);1H2/b12-11+;. The fourth-order valence-corrected chi connectivity index (χ4v) is 4.15. The number of nitrogens with zero attached hydrogens (tertiary/aromatic N) is 1. The van der Waals surface area contributed by atoms with E-state index in [0.29, 0.717) is 5.75 Å². The Hall–Kier alpha value is -2.32. The van der Waals surface area contributed by atoms with Crippen LogP contribution in [-0.2, 0) is 19.8 Å². The zero-order valence-electron chi connectivity index (χ0n) is 19.4. The van der Waals surface area contributed by atoms with Gasteiger partial charge >= 0.3 is 11.9 Å². The molecular formula is C24H36N2O5S. The number of rotatable bonds is 8. The first-order valence-electron chi connectivity index (χ1n) is 10.9. The van der Waals surface area contributed by atoms with E-state index in [2.05, 4.69) is 30.3 Å². The van der Waals surface area contributed by atoms with Crippen LogP contribution in [0.15, 0.2) is 36.4 Å². The van der Waals surface area contributed by atoms with Crippen molar-refractivity contribution in [2.45, 2.75) is 57.9 Å². The lowest BCUT2D eigenvalue weighted by Gasteiger charge is -2.35. The number of carboxylic acid groups (broad SMARTS) is 1. The van der Waals surface area contributed by atoms with Gasteiger partial charge in [-0.25, -0.2) is 9.59 Å². The van der Waals surface area contributed by atoms with Gasteiger partial charge in [0.25, 0.3) is 0 Å². The summed E-state index contributed by atoms with van der Waals surface area (Å²) in [5.74, 6) is -2.31. The second-order valence-electron chi connectivity index (χ2n) is 8.68. The first-order chi connectivity index (χ1) is 14.7. The number of carboxylic acids is 1. The molecule has 1 aliphatic rings. The summed E-state index contributed by atoms with van der Waals surface area (Å²) < 4.78 is 5.41. The molecule has 0 bridgehead atoms. The molecule has 1 aromatic rings. The van der Waals surface area contributed by atoms with E-state index in [9.17, 15) is 14.4 Å². The van der Waals surface area contributed by atoms with Gasteiger partial charge in [0.05, 0.1) is 0 Å². The minimum absolute atomic E-state index is 0. The van der Waals surface area contributed by atoms with Crippen LogP contribution in [0.4, 0.5) is 0 Å². The van der Waals surface area contributed by atoms with Gasteiger partial charge in [0, 0.05) is 24.1 Å². The van der Waals surface area contributed by atoms with E-state index < -0.39 is 23.9 Å². The van der Waals surface area contributed by atoms with Gasteiger partial charge in [-0.1, -0.05) is 39.3 Å². The number of nitrogens with one attached hydrogen (secondary N) is 1. The van der Waals surface area contributed by atoms with Crippen molar-refractivity contribution >= 4 is 31.3 Å². The molecule has 2 atom stereocenters. The summed E-state index contributed by atoms with van der Waals surface area (Å²) in [4.78, 5) is 37.7. The van der Waals surface area contributed by atoms with Gasteiger partial charge in [0.15, 0.2) is 0 Å². The molecule has 1 heterocycles. The number of amides is 1. The van der Waals surface area contributed by atoms with E-state index in [-0.39, 0.29) is 24.8 Å². The number of esters is 1. The van der Waals surface area contributed by atoms with Crippen molar-refractivity contribution in [3.05, 3.63) is 42.0 Å². The number of aliphatic carboxylic acids is 1. The highest BCUT2D eigenvalue weighted by Gasteiger charge is 2.33. The number of carbonyl (C=O) groups is 3. The van der Waals surface area contributed by atoms with E-state index in [1.807, 2.05) is 12.1 Å². The average Bonchev–Trinajstić information content (AvgIpc) is 2.92. The fourth-order valence-electron chi connectivity index (χ4n) is 4.15. The summed E-state index contributed by atoms with van der Waals surface area (Å²) in [6, 6.07) is 6.58. The summed E-state index contributed by atoms with van der Waals surface area (Å²) in [6.45, 7) is 7.63. The van der Waals surface area contributed by atoms with Gasteiger partial charge in [0.1, 0.15) is 11.8 Å². The van der Waals surface area contributed by atoms with Crippen LogP contribution in [-0.4, -0.2) is 54.0 Å². The second kappa shape index (κ2) is 12.6. The van der Waals surface area contributed by atoms with Crippen molar-refractivity contribution in [1.82, 2.24) is 10.2 Å². The largest absolute Gasteiger partial charge is 0.480 e. The number of carbonyl (C=O) groups excluding carboxylic acids is 2. The van der Waals surface area contributed by atoms with E-state index in [0.717, 1.165) is 50.1 Å².